The molecule has 3 aromatic carbocycles. The summed E-state index contributed by atoms with van der Waals surface area (Å²) < 4.78 is 6.83. The molecule has 3 aromatic rings. The van der Waals surface area contributed by atoms with Crippen molar-refractivity contribution < 1.29 is 4.52 Å². The van der Waals surface area contributed by atoms with Gasteiger partial charge < -0.3 is 0 Å². The van der Waals surface area contributed by atoms with E-state index >= 15 is 0 Å². The molecular weight excluding hydrogens is 323 g/mol. The van der Waals surface area contributed by atoms with Gasteiger partial charge in [-0.1, -0.05) is 0 Å². The average molecular weight is 350 g/mol. The second-order valence-electron chi connectivity index (χ2n) is 6.33. The van der Waals surface area contributed by atoms with Gasteiger partial charge in [0.15, 0.2) is 0 Å². The second kappa shape index (κ2) is 8.94. The zero-order valence-electron chi connectivity index (χ0n) is 14.9. The molecule has 0 amide bonds. The van der Waals surface area contributed by atoms with Crippen molar-refractivity contribution in [1.29, 1.82) is 0 Å². The summed E-state index contributed by atoms with van der Waals surface area (Å²) in [6.07, 6.45) is 3.53. The van der Waals surface area contributed by atoms with Crippen molar-refractivity contribution in [2.45, 2.75) is 26.2 Å². The first-order chi connectivity index (χ1) is 12.4. The van der Waals surface area contributed by atoms with Gasteiger partial charge in [-0.05, 0) is 0 Å². The number of hydrogen-bond acceptors (Lipinski definition) is 1. The van der Waals surface area contributed by atoms with Gasteiger partial charge >= 0.3 is 152 Å². The molecule has 130 valence electrons. The van der Waals surface area contributed by atoms with Crippen molar-refractivity contribution in [3.8, 4) is 0 Å². The summed E-state index contributed by atoms with van der Waals surface area (Å²) in [5.74, 6) is 0. The zero-order chi connectivity index (χ0) is 17.4. The quantitative estimate of drug-likeness (QED) is 0.417. The molecule has 0 aliphatic carbocycles. The van der Waals surface area contributed by atoms with Crippen LogP contribution in [-0.4, -0.2) is 6.61 Å². The summed E-state index contributed by atoms with van der Waals surface area (Å²) in [7, 11) is -2.47. The first-order valence-corrected chi connectivity index (χ1v) is 11.1. The van der Waals surface area contributed by atoms with Crippen LogP contribution in [0.1, 0.15) is 26.2 Å². The maximum absolute atomic E-state index is 6.83. The summed E-state index contributed by atoms with van der Waals surface area (Å²) >= 11 is 0. The van der Waals surface area contributed by atoms with Crippen molar-refractivity contribution in [2.24, 2.45) is 0 Å². The van der Waals surface area contributed by atoms with Crippen LogP contribution in [0.4, 0.5) is 0 Å². The van der Waals surface area contributed by atoms with E-state index in [0.717, 1.165) is 13.0 Å². The summed E-state index contributed by atoms with van der Waals surface area (Å²) in [6, 6.07) is 32.3. The predicted octanol–water partition coefficient (Wildman–Crippen LogP) is 4.83. The predicted molar refractivity (Wildman–Crippen MR) is 112 cm³/mol. The number of hydrogen-bond donors (Lipinski definition) is 0. The van der Waals surface area contributed by atoms with E-state index < -0.39 is 7.49 Å². The minimum atomic E-state index is -2.47. The molecule has 0 fully saturated rings. The number of unbranched alkanes of at least 4 members (excludes halogenated alkanes) is 2. The summed E-state index contributed by atoms with van der Waals surface area (Å²) in [4.78, 5) is 0. The van der Waals surface area contributed by atoms with Crippen LogP contribution >= 0.6 is 7.49 Å². The molecule has 25 heavy (non-hydrogen) atoms. The molecule has 0 radical (unpaired) electrons. The number of benzene rings is 3. The third kappa shape index (κ3) is 4.00. The fraction of sp³-hybridized carbons (Fsp3) is 0.217. The van der Waals surface area contributed by atoms with Crippen LogP contribution in [-0.2, 0) is 4.52 Å². The van der Waals surface area contributed by atoms with Gasteiger partial charge in [-0.3, -0.25) is 0 Å². The molecule has 1 nitrogen and oxygen atoms in total. The molecule has 0 heterocycles. The summed E-state index contributed by atoms with van der Waals surface area (Å²) in [6.45, 7) is 3.04. The maximum atomic E-state index is 6.83. The Kier molecular flexibility index (Phi) is 6.39. The van der Waals surface area contributed by atoms with E-state index in [4.69, 9.17) is 4.52 Å². The normalized spacial score (nSPS) is 12.0. The van der Waals surface area contributed by atoms with Crippen molar-refractivity contribution in [3.63, 3.8) is 0 Å². The second-order valence-corrected chi connectivity index (χ2v) is 9.72. The van der Waals surface area contributed by atoms with E-state index in [0.29, 0.717) is 0 Å². The van der Waals surface area contributed by atoms with Gasteiger partial charge in [0.1, 0.15) is 0 Å². The van der Waals surface area contributed by atoms with Crippen molar-refractivity contribution in [1.82, 2.24) is 0 Å². The minimum absolute atomic E-state index is 0.804. The van der Waals surface area contributed by atoms with E-state index in [2.05, 4.69) is 97.9 Å². The van der Waals surface area contributed by atoms with Crippen molar-refractivity contribution in [2.75, 3.05) is 6.61 Å². The standard InChI is InChI=1S/C23H27OP/c1-2-3-13-20-24-25(21-14-7-4-8-15-21,22-16-9-5-10-17-22)23-18-11-6-12-19-23/h4-12,14-19,25H,2-3,13,20H2,1H3. The molecule has 0 spiro atoms. The van der Waals surface area contributed by atoms with Crippen molar-refractivity contribution in [3.05, 3.63) is 91.0 Å². The molecule has 0 aliphatic rings. The van der Waals surface area contributed by atoms with Gasteiger partial charge in [0, 0.05) is 0 Å². The van der Waals surface area contributed by atoms with E-state index in [1.54, 1.807) is 0 Å². The van der Waals surface area contributed by atoms with Crippen LogP contribution < -0.4 is 15.9 Å². The van der Waals surface area contributed by atoms with Gasteiger partial charge in [0.05, 0.1) is 0 Å². The van der Waals surface area contributed by atoms with Crippen LogP contribution in [0.3, 0.4) is 0 Å². The first-order valence-electron chi connectivity index (χ1n) is 9.18. The Labute approximate surface area is 152 Å². The molecule has 0 saturated heterocycles. The molecule has 0 aromatic heterocycles. The molecule has 2 heteroatoms. The van der Waals surface area contributed by atoms with Crippen molar-refractivity contribution >= 4 is 23.4 Å². The molecule has 0 unspecified atom stereocenters. The van der Waals surface area contributed by atoms with Crippen LogP contribution in [0.2, 0.25) is 0 Å². The molecular formula is C23H27OP. The van der Waals surface area contributed by atoms with Crippen LogP contribution in [0, 0.1) is 0 Å². The van der Waals surface area contributed by atoms with Gasteiger partial charge in [-0.25, -0.2) is 0 Å². The van der Waals surface area contributed by atoms with E-state index in [9.17, 15) is 0 Å². The summed E-state index contributed by atoms with van der Waals surface area (Å²) in [5, 5.41) is 3.93. The summed E-state index contributed by atoms with van der Waals surface area (Å²) in [5.41, 5.74) is 0. The van der Waals surface area contributed by atoms with E-state index in [1.807, 2.05) is 0 Å². The molecule has 0 bridgehead atoms. The van der Waals surface area contributed by atoms with Gasteiger partial charge in [-0.2, -0.15) is 0 Å². The fourth-order valence-electron chi connectivity index (χ4n) is 3.35. The molecule has 3 rings (SSSR count). The fourth-order valence-corrected chi connectivity index (χ4v) is 7.28. The molecule has 0 N–H and O–H groups in total. The molecule has 0 saturated carbocycles. The van der Waals surface area contributed by atoms with E-state index in [1.165, 1.54) is 28.8 Å². The zero-order valence-corrected chi connectivity index (χ0v) is 15.9. The monoisotopic (exact) mass is 350 g/mol. The van der Waals surface area contributed by atoms with E-state index in [-0.39, 0.29) is 0 Å². The molecule has 0 atom stereocenters. The van der Waals surface area contributed by atoms with Crippen LogP contribution in [0.25, 0.3) is 0 Å². The molecule has 0 aliphatic heterocycles. The van der Waals surface area contributed by atoms with Gasteiger partial charge in [0.25, 0.3) is 0 Å². The first kappa shape index (κ1) is 17.9. The van der Waals surface area contributed by atoms with Crippen LogP contribution in [0.5, 0.6) is 0 Å². The third-order valence-electron chi connectivity index (χ3n) is 4.61. The Morgan fingerprint density at radius 3 is 1.36 bits per heavy atom. The Balaban J connectivity index is 2.13. The Hall–Kier alpha value is -1.95. The average Bonchev–Trinajstić information content (AvgIpc) is 2.70. The number of rotatable bonds is 8. The Morgan fingerprint density at radius 1 is 0.600 bits per heavy atom. The topological polar surface area (TPSA) is 9.23 Å². The third-order valence-corrected chi connectivity index (χ3v) is 8.68. The van der Waals surface area contributed by atoms with Crippen LogP contribution in [0.15, 0.2) is 91.0 Å². The Morgan fingerprint density at radius 2 is 1.00 bits per heavy atom. The SMILES string of the molecule is CCCCCO[PH](c1ccccc1)(c1ccccc1)c1ccccc1. The Bertz CT molecular complexity index is 644. The van der Waals surface area contributed by atoms with Gasteiger partial charge in [-0.15, -0.1) is 0 Å². The van der Waals surface area contributed by atoms with Gasteiger partial charge in [0.2, 0.25) is 0 Å².